The second-order valence-electron chi connectivity index (χ2n) is 5.65. The molecule has 3 rings (SSSR count). The molecule has 0 aromatic heterocycles. The molecule has 0 saturated carbocycles. The van der Waals surface area contributed by atoms with Gasteiger partial charge < -0.3 is 5.73 Å². The van der Waals surface area contributed by atoms with Crippen molar-refractivity contribution in [2.24, 2.45) is 0 Å². The third kappa shape index (κ3) is 2.70. The average molecular weight is 266 g/mol. The van der Waals surface area contributed by atoms with E-state index in [0.29, 0.717) is 6.04 Å². The zero-order valence-electron chi connectivity index (χ0n) is 12.0. The standard InChI is InChI=1S/C18H22N2/c1-14(15-6-8-18(19)9-7-15)20-12-10-16-4-2-3-5-17(16)11-13-20/h2-9,14H,10-13,19H2,1H3. The molecule has 2 aromatic carbocycles. The van der Waals surface area contributed by atoms with Crippen molar-refractivity contribution in [1.29, 1.82) is 0 Å². The van der Waals surface area contributed by atoms with Gasteiger partial charge in [-0.2, -0.15) is 0 Å². The molecule has 0 aliphatic carbocycles. The van der Waals surface area contributed by atoms with Gasteiger partial charge in [0.25, 0.3) is 0 Å². The summed E-state index contributed by atoms with van der Waals surface area (Å²) in [6, 6.07) is 17.6. The van der Waals surface area contributed by atoms with Crippen molar-refractivity contribution in [1.82, 2.24) is 4.90 Å². The van der Waals surface area contributed by atoms with Crippen LogP contribution in [0.25, 0.3) is 0 Å². The molecule has 0 saturated heterocycles. The number of hydrogen-bond donors (Lipinski definition) is 1. The predicted molar refractivity (Wildman–Crippen MR) is 84.7 cm³/mol. The lowest BCUT2D eigenvalue weighted by molar-refractivity contribution is 0.221. The van der Waals surface area contributed by atoms with E-state index in [-0.39, 0.29) is 0 Å². The minimum Gasteiger partial charge on any atom is -0.399 e. The molecule has 2 N–H and O–H groups in total. The van der Waals surface area contributed by atoms with Crippen LogP contribution in [-0.2, 0) is 12.8 Å². The zero-order chi connectivity index (χ0) is 13.9. The van der Waals surface area contributed by atoms with Crippen LogP contribution in [0, 0.1) is 0 Å². The molecule has 2 aromatic rings. The number of benzene rings is 2. The number of nitrogens with zero attached hydrogens (tertiary/aromatic N) is 1. The molecule has 0 spiro atoms. The van der Waals surface area contributed by atoms with Gasteiger partial charge in [-0.3, -0.25) is 4.90 Å². The maximum atomic E-state index is 5.77. The quantitative estimate of drug-likeness (QED) is 0.844. The Morgan fingerprint density at radius 2 is 1.45 bits per heavy atom. The van der Waals surface area contributed by atoms with Crippen molar-refractivity contribution in [2.75, 3.05) is 18.8 Å². The summed E-state index contributed by atoms with van der Waals surface area (Å²) >= 11 is 0. The highest BCUT2D eigenvalue weighted by atomic mass is 15.1. The van der Waals surface area contributed by atoms with Gasteiger partial charge in [0.2, 0.25) is 0 Å². The normalized spacial score (nSPS) is 17.2. The van der Waals surface area contributed by atoms with E-state index >= 15 is 0 Å². The Bertz CT molecular complexity index is 547. The highest BCUT2D eigenvalue weighted by Crippen LogP contribution is 2.24. The van der Waals surface area contributed by atoms with Gasteiger partial charge in [0.15, 0.2) is 0 Å². The summed E-state index contributed by atoms with van der Waals surface area (Å²) < 4.78 is 0. The van der Waals surface area contributed by atoms with Gasteiger partial charge in [-0.15, -0.1) is 0 Å². The van der Waals surface area contributed by atoms with Crippen molar-refractivity contribution < 1.29 is 0 Å². The van der Waals surface area contributed by atoms with Crippen LogP contribution in [0.15, 0.2) is 48.5 Å². The molecule has 20 heavy (non-hydrogen) atoms. The second kappa shape index (κ2) is 5.68. The number of nitrogen functional groups attached to an aromatic ring is 1. The molecule has 104 valence electrons. The second-order valence-corrected chi connectivity index (χ2v) is 5.65. The molecule has 0 bridgehead atoms. The SMILES string of the molecule is CC(c1ccc(N)cc1)N1CCc2ccccc2CC1. The Morgan fingerprint density at radius 1 is 0.900 bits per heavy atom. The summed E-state index contributed by atoms with van der Waals surface area (Å²) in [5, 5.41) is 0. The highest BCUT2D eigenvalue weighted by Gasteiger charge is 2.19. The molecule has 0 fully saturated rings. The van der Waals surface area contributed by atoms with Gasteiger partial charge in [0.1, 0.15) is 0 Å². The van der Waals surface area contributed by atoms with Crippen molar-refractivity contribution in [3.63, 3.8) is 0 Å². The van der Waals surface area contributed by atoms with Crippen molar-refractivity contribution in [2.45, 2.75) is 25.8 Å². The molecule has 2 nitrogen and oxygen atoms in total. The topological polar surface area (TPSA) is 29.3 Å². The summed E-state index contributed by atoms with van der Waals surface area (Å²) in [7, 11) is 0. The van der Waals surface area contributed by atoms with Gasteiger partial charge in [-0.05, 0) is 48.6 Å². The fourth-order valence-corrected chi connectivity index (χ4v) is 3.06. The Hall–Kier alpha value is -1.80. The third-order valence-corrected chi connectivity index (χ3v) is 4.42. The molecule has 0 amide bonds. The lowest BCUT2D eigenvalue weighted by atomic mass is 10.0. The third-order valence-electron chi connectivity index (χ3n) is 4.42. The summed E-state index contributed by atoms with van der Waals surface area (Å²) in [6.07, 6.45) is 2.30. The highest BCUT2D eigenvalue weighted by molar-refractivity contribution is 5.40. The van der Waals surface area contributed by atoms with Crippen LogP contribution >= 0.6 is 0 Å². The smallest absolute Gasteiger partial charge is 0.0320 e. The van der Waals surface area contributed by atoms with E-state index in [1.54, 1.807) is 0 Å². The summed E-state index contributed by atoms with van der Waals surface area (Å²) in [5.74, 6) is 0. The number of hydrogen-bond acceptors (Lipinski definition) is 2. The molecule has 1 atom stereocenters. The molecular formula is C18H22N2. The predicted octanol–water partition coefficient (Wildman–Crippen LogP) is 3.43. The molecule has 1 aliphatic rings. The Balaban J connectivity index is 1.74. The van der Waals surface area contributed by atoms with Gasteiger partial charge in [0.05, 0.1) is 0 Å². The Kier molecular flexibility index (Phi) is 3.75. The minimum atomic E-state index is 0.449. The average Bonchev–Trinajstić information content (AvgIpc) is 2.70. The first-order chi connectivity index (χ1) is 9.74. The van der Waals surface area contributed by atoms with Crippen LogP contribution in [-0.4, -0.2) is 18.0 Å². The van der Waals surface area contributed by atoms with E-state index in [9.17, 15) is 0 Å². The van der Waals surface area contributed by atoms with E-state index in [1.807, 2.05) is 12.1 Å². The van der Waals surface area contributed by atoms with Crippen LogP contribution in [0.5, 0.6) is 0 Å². The molecule has 2 heteroatoms. The van der Waals surface area contributed by atoms with Crippen LogP contribution in [0.3, 0.4) is 0 Å². The first kappa shape index (κ1) is 13.2. The van der Waals surface area contributed by atoms with Crippen LogP contribution in [0.2, 0.25) is 0 Å². The molecule has 1 unspecified atom stereocenters. The number of rotatable bonds is 2. The molecule has 0 radical (unpaired) electrons. The first-order valence-electron chi connectivity index (χ1n) is 7.40. The molecular weight excluding hydrogens is 244 g/mol. The van der Waals surface area contributed by atoms with Crippen molar-refractivity contribution >= 4 is 5.69 Å². The van der Waals surface area contributed by atoms with Crippen LogP contribution in [0.4, 0.5) is 5.69 Å². The van der Waals surface area contributed by atoms with Crippen LogP contribution in [0.1, 0.15) is 29.7 Å². The van der Waals surface area contributed by atoms with Gasteiger partial charge in [-0.1, -0.05) is 36.4 Å². The summed E-state index contributed by atoms with van der Waals surface area (Å²) in [6.45, 7) is 4.55. The zero-order valence-corrected chi connectivity index (χ0v) is 12.0. The van der Waals surface area contributed by atoms with Crippen molar-refractivity contribution in [3.05, 3.63) is 65.2 Å². The summed E-state index contributed by atoms with van der Waals surface area (Å²) in [5.41, 5.74) is 11.0. The van der Waals surface area contributed by atoms with E-state index in [1.165, 1.54) is 16.7 Å². The maximum Gasteiger partial charge on any atom is 0.0320 e. The monoisotopic (exact) mass is 266 g/mol. The summed E-state index contributed by atoms with van der Waals surface area (Å²) in [4.78, 5) is 2.57. The van der Waals surface area contributed by atoms with Gasteiger partial charge in [-0.25, -0.2) is 0 Å². The minimum absolute atomic E-state index is 0.449. The lowest BCUT2D eigenvalue weighted by Gasteiger charge is -2.28. The number of fused-ring (bicyclic) bond motifs is 1. The largest absolute Gasteiger partial charge is 0.399 e. The maximum absolute atomic E-state index is 5.77. The molecule has 1 heterocycles. The number of anilines is 1. The van der Waals surface area contributed by atoms with E-state index in [2.05, 4.69) is 48.2 Å². The first-order valence-corrected chi connectivity index (χ1v) is 7.40. The lowest BCUT2D eigenvalue weighted by Crippen LogP contribution is -2.29. The van der Waals surface area contributed by atoms with E-state index in [0.717, 1.165) is 31.6 Å². The fourth-order valence-electron chi connectivity index (χ4n) is 3.06. The van der Waals surface area contributed by atoms with E-state index in [4.69, 9.17) is 5.73 Å². The fraction of sp³-hybridized carbons (Fsp3) is 0.333. The number of nitrogens with two attached hydrogens (primary N) is 1. The van der Waals surface area contributed by atoms with Gasteiger partial charge in [0, 0.05) is 24.8 Å². The van der Waals surface area contributed by atoms with Gasteiger partial charge >= 0.3 is 0 Å². The van der Waals surface area contributed by atoms with Crippen molar-refractivity contribution in [3.8, 4) is 0 Å². The Morgan fingerprint density at radius 3 is 2.00 bits per heavy atom. The van der Waals surface area contributed by atoms with E-state index < -0.39 is 0 Å². The Labute approximate surface area is 121 Å². The molecule has 1 aliphatic heterocycles. The van der Waals surface area contributed by atoms with Crippen LogP contribution < -0.4 is 5.73 Å².